The summed E-state index contributed by atoms with van der Waals surface area (Å²) in [4.78, 5) is 26.9. The molecule has 2 aromatic rings. The molecule has 0 fully saturated rings. The van der Waals surface area contributed by atoms with Gasteiger partial charge in [0.2, 0.25) is 0 Å². The molecule has 102 valence electrons. The molecule has 0 spiro atoms. The van der Waals surface area contributed by atoms with Gasteiger partial charge in [0.1, 0.15) is 5.75 Å². The van der Waals surface area contributed by atoms with Crippen molar-refractivity contribution in [2.45, 2.75) is 0 Å². The molecule has 0 unspecified atom stereocenters. The number of benzene rings is 1. The van der Waals surface area contributed by atoms with E-state index in [-0.39, 0.29) is 22.6 Å². The van der Waals surface area contributed by atoms with Gasteiger partial charge in [0.15, 0.2) is 0 Å². The largest absolute Gasteiger partial charge is 0.508 e. The molecule has 0 aliphatic carbocycles. The minimum Gasteiger partial charge on any atom is -0.508 e. The van der Waals surface area contributed by atoms with Crippen molar-refractivity contribution in [2.24, 2.45) is 0 Å². The third-order valence-corrected chi connectivity index (χ3v) is 2.88. The van der Waals surface area contributed by atoms with Crippen LogP contribution in [-0.4, -0.2) is 27.1 Å². The van der Waals surface area contributed by atoms with Gasteiger partial charge in [-0.3, -0.25) is 9.78 Å². The second-order valence-corrected chi connectivity index (χ2v) is 4.80. The molecular formula is C13H9BrN2O4. The van der Waals surface area contributed by atoms with Gasteiger partial charge in [0.25, 0.3) is 5.91 Å². The normalized spacial score (nSPS) is 10.1. The molecule has 1 aromatic carbocycles. The number of pyridine rings is 1. The van der Waals surface area contributed by atoms with Crippen LogP contribution >= 0.6 is 15.9 Å². The standard InChI is InChI=1S/C13H9BrN2O4/c14-8-3-7(5-15-6-8)12(18)16-11-2-1-9(17)4-10(11)13(19)20/h1-6,17H,(H,16,18)(H,19,20). The number of nitrogens with zero attached hydrogens (tertiary/aromatic N) is 1. The lowest BCUT2D eigenvalue weighted by Gasteiger charge is -2.09. The summed E-state index contributed by atoms with van der Waals surface area (Å²) < 4.78 is 0.634. The molecule has 0 aliphatic rings. The number of carboxylic acid groups (broad SMARTS) is 1. The van der Waals surface area contributed by atoms with Gasteiger partial charge in [-0.25, -0.2) is 4.79 Å². The quantitative estimate of drug-likeness (QED) is 0.748. The second kappa shape index (κ2) is 5.70. The summed E-state index contributed by atoms with van der Waals surface area (Å²) in [7, 11) is 0. The molecule has 7 heteroatoms. The summed E-state index contributed by atoms with van der Waals surface area (Å²) in [5.41, 5.74) is 0.186. The van der Waals surface area contributed by atoms with Gasteiger partial charge >= 0.3 is 5.97 Å². The molecule has 6 nitrogen and oxygen atoms in total. The Bertz CT molecular complexity index is 688. The highest BCUT2D eigenvalue weighted by Gasteiger charge is 2.14. The number of anilines is 1. The lowest BCUT2D eigenvalue weighted by Crippen LogP contribution is -2.15. The van der Waals surface area contributed by atoms with Crippen LogP contribution in [0.1, 0.15) is 20.7 Å². The van der Waals surface area contributed by atoms with Crippen LogP contribution in [0.15, 0.2) is 41.1 Å². The number of carbonyl (C=O) groups is 2. The number of hydrogen-bond donors (Lipinski definition) is 3. The number of phenols is 1. The van der Waals surface area contributed by atoms with E-state index in [4.69, 9.17) is 5.11 Å². The average Bonchev–Trinajstić information content (AvgIpc) is 2.40. The van der Waals surface area contributed by atoms with E-state index in [0.717, 1.165) is 6.07 Å². The molecule has 3 N–H and O–H groups in total. The van der Waals surface area contributed by atoms with Crippen LogP contribution in [0.5, 0.6) is 5.75 Å². The molecule has 0 aliphatic heterocycles. The Kier molecular flexibility index (Phi) is 3.99. The van der Waals surface area contributed by atoms with Crippen molar-refractivity contribution in [1.82, 2.24) is 4.98 Å². The summed E-state index contributed by atoms with van der Waals surface area (Å²) >= 11 is 3.19. The Hall–Kier alpha value is -2.41. The Morgan fingerprint density at radius 2 is 1.95 bits per heavy atom. The highest BCUT2D eigenvalue weighted by molar-refractivity contribution is 9.10. The van der Waals surface area contributed by atoms with E-state index >= 15 is 0 Å². The number of aromatic nitrogens is 1. The minimum atomic E-state index is -1.25. The molecule has 1 heterocycles. The molecule has 0 atom stereocenters. The van der Waals surface area contributed by atoms with Crippen molar-refractivity contribution in [3.8, 4) is 5.75 Å². The number of carboxylic acids is 1. The van der Waals surface area contributed by atoms with Crippen molar-refractivity contribution in [3.05, 3.63) is 52.3 Å². The van der Waals surface area contributed by atoms with Crippen molar-refractivity contribution in [3.63, 3.8) is 0 Å². The summed E-state index contributed by atoms with van der Waals surface area (Å²) in [5.74, 6) is -1.93. The molecule has 0 radical (unpaired) electrons. The van der Waals surface area contributed by atoms with Crippen LogP contribution in [0.3, 0.4) is 0 Å². The number of rotatable bonds is 3. The average molecular weight is 337 g/mol. The van der Waals surface area contributed by atoms with Gasteiger partial charge in [0.05, 0.1) is 16.8 Å². The van der Waals surface area contributed by atoms with Gasteiger partial charge in [-0.05, 0) is 40.2 Å². The molecular weight excluding hydrogens is 328 g/mol. The molecule has 20 heavy (non-hydrogen) atoms. The maximum atomic E-state index is 12.0. The number of hydrogen-bond acceptors (Lipinski definition) is 4. The van der Waals surface area contributed by atoms with E-state index in [1.165, 1.54) is 24.5 Å². The zero-order valence-electron chi connectivity index (χ0n) is 10.0. The first-order chi connectivity index (χ1) is 9.47. The molecule has 1 amide bonds. The smallest absolute Gasteiger partial charge is 0.337 e. The van der Waals surface area contributed by atoms with Crippen LogP contribution in [0.25, 0.3) is 0 Å². The fraction of sp³-hybridized carbons (Fsp3) is 0. The van der Waals surface area contributed by atoms with Crippen LogP contribution in [0.4, 0.5) is 5.69 Å². The zero-order valence-corrected chi connectivity index (χ0v) is 11.6. The van der Waals surface area contributed by atoms with Crippen molar-refractivity contribution in [2.75, 3.05) is 5.32 Å². The Labute approximate surface area is 122 Å². The first-order valence-electron chi connectivity index (χ1n) is 5.45. The molecule has 1 aromatic heterocycles. The number of amides is 1. The Morgan fingerprint density at radius 1 is 1.20 bits per heavy atom. The van der Waals surface area contributed by atoms with Crippen LogP contribution < -0.4 is 5.32 Å². The molecule has 0 saturated carbocycles. The number of halogens is 1. The zero-order chi connectivity index (χ0) is 14.7. The molecule has 2 rings (SSSR count). The SMILES string of the molecule is O=C(Nc1ccc(O)cc1C(=O)O)c1cncc(Br)c1. The molecule has 0 bridgehead atoms. The van der Waals surface area contributed by atoms with E-state index in [2.05, 4.69) is 26.2 Å². The third-order valence-electron chi connectivity index (χ3n) is 2.45. The van der Waals surface area contributed by atoms with E-state index in [1.807, 2.05) is 0 Å². The van der Waals surface area contributed by atoms with E-state index in [9.17, 15) is 14.7 Å². The Morgan fingerprint density at radius 3 is 2.60 bits per heavy atom. The Balaban J connectivity index is 2.30. The van der Waals surface area contributed by atoms with E-state index in [1.54, 1.807) is 6.07 Å². The molecule has 0 saturated heterocycles. The number of carbonyl (C=O) groups excluding carboxylic acids is 1. The highest BCUT2D eigenvalue weighted by atomic mass is 79.9. The lowest BCUT2D eigenvalue weighted by molar-refractivity contribution is 0.0697. The number of nitrogens with one attached hydrogen (secondary N) is 1. The van der Waals surface area contributed by atoms with Gasteiger partial charge in [-0.1, -0.05) is 0 Å². The van der Waals surface area contributed by atoms with Gasteiger partial charge in [-0.15, -0.1) is 0 Å². The fourth-order valence-electron chi connectivity index (χ4n) is 1.55. The van der Waals surface area contributed by atoms with Gasteiger partial charge < -0.3 is 15.5 Å². The van der Waals surface area contributed by atoms with Crippen molar-refractivity contribution >= 4 is 33.5 Å². The predicted octanol–water partition coefficient (Wildman–Crippen LogP) is 2.50. The number of aromatic carboxylic acids is 1. The third kappa shape index (κ3) is 3.12. The van der Waals surface area contributed by atoms with Crippen molar-refractivity contribution in [1.29, 1.82) is 0 Å². The predicted molar refractivity (Wildman–Crippen MR) is 75.0 cm³/mol. The second-order valence-electron chi connectivity index (χ2n) is 3.88. The highest BCUT2D eigenvalue weighted by Crippen LogP contribution is 2.22. The maximum Gasteiger partial charge on any atom is 0.337 e. The maximum absolute atomic E-state index is 12.0. The van der Waals surface area contributed by atoms with Crippen LogP contribution in [-0.2, 0) is 0 Å². The van der Waals surface area contributed by atoms with Crippen molar-refractivity contribution < 1.29 is 19.8 Å². The van der Waals surface area contributed by atoms with Crippen LogP contribution in [0, 0.1) is 0 Å². The van der Waals surface area contributed by atoms with Gasteiger partial charge in [-0.2, -0.15) is 0 Å². The van der Waals surface area contributed by atoms with E-state index in [0.29, 0.717) is 4.47 Å². The summed E-state index contributed by atoms with van der Waals surface area (Å²) in [6, 6.07) is 5.24. The topological polar surface area (TPSA) is 99.5 Å². The number of aromatic hydroxyl groups is 1. The minimum absolute atomic E-state index is 0.0975. The number of phenolic OH excluding ortho intramolecular Hbond substituents is 1. The first kappa shape index (κ1) is 14.0. The summed E-state index contributed by atoms with van der Waals surface area (Å²) in [6.07, 6.45) is 2.89. The summed E-state index contributed by atoms with van der Waals surface area (Å²) in [6.45, 7) is 0. The first-order valence-corrected chi connectivity index (χ1v) is 6.25. The summed E-state index contributed by atoms with van der Waals surface area (Å²) in [5, 5.41) is 20.8. The lowest BCUT2D eigenvalue weighted by atomic mass is 10.1. The van der Waals surface area contributed by atoms with Gasteiger partial charge in [0, 0.05) is 16.9 Å². The van der Waals surface area contributed by atoms with Crippen LogP contribution in [0.2, 0.25) is 0 Å². The monoisotopic (exact) mass is 336 g/mol. The fourth-order valence-corrected chi connectivity index (χ4v) is 1.91. The van der Waals surface area contributed by atoms with E-state index < -0.39 is 11.9 Å².